The Morgan fingerprint density at radius 1 is 0.362 bits per heavy atom. The lowest BCUT2D eigenvalue weighted by Crippen LogP contribution is -2.25. The fraction of sp³-hybridized carbons (Fsp3) is 0.0870. The van der Waals surface area contributed by atoms with Crippen LogP contribution in [0.1, 0.15) is 47.2 Å². The van der Waals surface area contributed by atoms with Crippen molar-refractivity contribution >= 4 is 17.1 Å². The van der Waals surface area contributed by atoms with Crippen LogP contribution >= 0.6 is 0 Å². The van der Waals surface area contributed by atoms with E-state index < -0.39 is 0 Å². The van der Waals surface area contributed by atoms with Gasteiger partial charge in [-0.25, -0.2) is 0 Å². The summed E-state index contributed by atoms with van der Waals surface area (Å²) in [6.07, 6.45) is 0. The third-order valence-electron chi connectivity index (χ3n) is 11.1. The minimum absolute atomic E-state index is 0.0726. The Hall–Kier alpha value is -5.66. The van der Waals surface area contributed by atoms with Crippen LogP contribution in [0.15, 0.2) is 164 Å². The monoisotopic (exact) mass is 599 g/mol. The molecule has 47 heavy (non-hydrogen) atoms. The van der Waals surface area contributed by atoms with Gasteiger partial charge in [0.25, 0.3) is 0 Å². The van der Waals surface area contributed by atoms with Crippen molar-refractivity contribution in [2.75, 3.05) is 4.90 Å². The van der Waals surface area contributed by atoms with Gasteiger partial charge >= 0.3 is 0 Å². The fourth-order valence-electron chi connectivity index (χ4n) is 9.15. The summed E-state index contributed by atoms with van der Waals surface area (Å²) < 4.78 is 0. The minimum Gasteiger partial charge on any atom is -0.310 e. The number of nitrogens with zero attached hydrogens (tertiary/aromatic N) is 1. The van der Waals surface area contributed by atoms with Crippen LogP contribution in [0.4, 0.5) is 17.1 Å². The molecule has 1 heteroatoms. The molecule has 0 bridgehead atoms. The third-order valence-corrected chi connectivity index (χ3v) is 11.1. The number of fused-ring (bicyclic) bond motifs is 13. The van der Waals surface area contributed by atoms with E-state index in [1.807, 2.05) is 0 Å². The molecule has 0 atom stereocenters. The van der Waals surface area contributed by atoms with Crippen LogP contribution in [0.5, 0.6) is 0 Å². The van der Waals surface area contributed by atoms with Crippen molar-refractivity contribution in [3.63, 3.8) is 0 Å². The van der Waals surface area contributed by atoms with Gasteiger partial charge in [-0.15, -0.1) is 0 Å². The quantitative estimate of drug-likeness (QED) is 0.195. The molecule has 0 N–H and O–H groups in total. The van der Waals surface area contributed by atoms with Crippen molar-refractivity contribution in [1.82, 2.24) is 0 Å². The Morgan fingerprint density at radius 2 is 0.851 bits per heavy atom. The lowest BCUT2D eigenvalue weighted by molar-refractivity contribution is 0.660. The summed E-state index contributed by atoms with van der Waals surface area (Å²) in [6, 6.07) is 61.0. The van der Waals surface area contributed by atoms with Gasteiger partial charge < -0.3 is 4.90 Å². The van der Waals surface area contributed by atoms with Crippen molar-refractivity contribution in [3.8, 4) is 33.4 Å². The van der Waals surface area contributed by atoms with Gasteiger partial charge in [0.2, 0.25) is 0 Å². The van der Waals surface area contributed by atoms with E-state index in [9.17, 15) is 0 Å². The van der Waals surface area contributed by atoms with Crippen LogP contribution in [0, 0.1) is 0 Å². The van der Waals surface area contributed by atoms with Crippen LogP contribution in [0.2, 0.25) is 0 Å². The Morgan fingerprint density at radius 3 is 1.49 bits per heavy atom. The number of rotatable bonds is 3. The molecule has 0 heterocycles. The molecule has 0 fully saturated rings. The Balaban J connectivity index is 1.25. The highest BCUT2D eigenvalue weighted by Gasteiger charge is 2.51. The number of hydrogen-bond donors (Lipinski definition) is 0. The van der Waals surface area contributed by atoms with E-state index in [2.05, 4.69) is 183 Å². The number of para-hydroxylation sites is 1. The van der Waals surface area contributed by atoms with Gasteiger partial charge in [0.1, 0.15) is 0 Å². The molecular weight excluding hydrogens is 567 g/mol. The second-order valence-corrected chi connectivity index (χ2v) is 13.7. The van der Waals surface area contributed by atoms with Gasteiger partial charge in [-0.2, -0.15) is 0 Å². The maximum Gasteiger partial charge on any atom is 0.0725 e. The van der Waals surface area contributed by atoms with E-state index in [0.29, 0.717) is 0 Å². The molecule has 0 saturated heterocycles. The molecule has 0 aliphatic heterocycles. The van der Waals surface area contributed by atoms with E-state index in [1.165, 1.54) is 72.4 Å². The normalized spacial score (nSPS) is 14.9. The van der Waals surface area contributed by atoms with Crippen LogP contribution < -0.4 is 4.90 Å². The summed E-state index contributed by atoms with van der Waals surface area (Å²) in [5.41, 5.74) is 19.3. The van der Waals surface area contributed by atoms with Gasteiger partial charge in [-0.3, -0.25) is 0 Å². The van der Waals surface area contributed by atoms with E-state index >= 15 is 0 Å². The van der Waals surface area contributed by atoms with Crippen molar-refractivity contribution in [2.45, 2.75) is 24.7 Å². The molecule has 7 aromatic rings. The average Bonchev–Trinajstić information content (AvgIpc) is 3.68. The zero-order chi connectivity index (χ0) is 31.3. The van der Waals surface area contributed by atoms with Gasteiger partial charge in [0.05, 0.1) is 11.1 Å². The summed E-state index contributed by atoms with van der Waals surface area (Å²) >= 11 is 0. The molecule has 1 spiro atoms. The minimum atomic E-state index is -0.341. The second kappa shape index (κ2) is 9.44. The SMILES string of the molecule is CC1(C)c2ccccc2-c2c(N(c3ccccc3)c3ccc4c(c3)-c3ccccc3C43c4ccccc4-c4ccccc43)cccc21. The zero-order valence-electron chi connectivity index (χ0n) is 26.5. The van der Waals surface area contributed by atoms with Crippen LogP contribution in [0.25, 0.3) is 33.4 Å². The maximum atomic E-state index is 2.47. The molecule has 222 valence electrons. The lowest BCUT2D eigenvalue weighted by Gasteiger charge is -2.31. The van der Waals surface area contributed by atoms with Crippen LogP contribution in [-0.4, -0.2) is 0 Å². The van der Waals surface area contributed by atoms with E-state index in [1.54, 1.807) is 0 Å². The first-order valence-corrected chi connectivity index (χ1v) is 16.6. The highest BCUT2D eigenvalue weighted by atomic mass is 15.1. The zero-order valence-corrected chi connectivity index (χ0v) is 26.5. The molecule has 0 aromatic heterocycles. The maximum absolute atomic E-state index is 2.47. The molecule has 0 unspecified atom stereocenters. The predicted octanol–water partition coefficient (Wildman–Crippen LogP) is 11.8. The number of anilines is 3. The van der Waals surface area contributed by atoms with E-state index in [-0.39, 0.29) is 10.8 Å². The number of hydrogen-bond acceptors (Lipinski definition) is 1. The van der Waals surface area contributed by atoms with Gasteiger partial charge in [-0.05, 0) is 91.5 Å². The molecule has 7 aromatic carbocycles. The second-order valence-electron chi connectivity index (χ2n) is 13.7. The number of benzene rings is 7. The van der Waals surface area contributed by atoms with Crippen LogP contribution in [0.3, 0.4) is 0 Å². The van der Waals surface area contributed by atoms with E-state index in [4.69, 9.17) is 0 Å². The summed E-state index contributed by atoms with van der Waals surface area (Å²) in [6.45, 7) is 4.72. The molecule has 10 rings (SSSR count). The standard InChI is InChI=1S/C46H33N/c1-45(2)37-21-10-9-20-35(37)44-42(45)25-14-26-43(44)47(30-15-4-3-5-16-30)31-27-28-41-36(29-31)34-19-8-13-24-40(34)46(41)38-22-11-6-17-32(38)33-18-7-12-23-39(33)46/h3-29H,1-2H3. The topological polar surface area (TPSA) is 3.24 Å². The van der Waals surface area contributed by atoms with Crippen LogP contribution in [-0.2, 0) is 10.8 Å². The molecule has 1 nitrogen and oxygen atoms in total. The van der Waals surface area contributed by atoms with Gasteiger partial charge in [0.15, 0.2) is 0 Å². The van der Waals surface area contributed by atoms with Crippen molar-refractivity contribution < 1.29 is 0 Å². The fourth-order valence-corrected chi connectivity index (χ4v) is 9.15. The summed E-state index contributed by atoms with van der Waals surface area (Å²) in [7, 11) is 0. The molecule has 3 aliphatic carbocycles. The lowest BCUT2D eigenvalue weighted by atomic mass is 9.70. The van der Waals surface area contributed by atoms with Crippen molar-refractivity contribution in [2.24, 2.45) is 0 Å². The van der Waals surface area contributed by atoms with Gasteiger partial charge in [-0.1, -0.05) is 147 Å². The smallest absolute Gasteiger partial charge is 0.0725 e. The third kappa shape index (κ3) is 3.34. The first kappa shape index (κ1) is 26.5. The summed E-state index contributed by atoms with van der Waals surface area (Å²) in [4.78, 5) is 2.47. The van der Waals surface area contributed by atoms with Gasteiger partial charge in [0, 0.05) is 22.4 Å². The first-order chi connectivity index (χ1) is 23.1. The molecule has 0 radical (unpaired) electrons. The molecular formula is C46H33N. The largest absolute Gasteiger partial charge is 0.310 e. The summed E-state index contributed by atoms with van der Waals surface area (Å²) in [5.74, 6) is 0. The summed E-state index contributed by atoms with van der Waals surface area (Å²) in [5, 5.41) is 0. The Labute approximate surface area is 276 Å². The first-order valence-electron chi connectivity index (χ1n) is 16.6. The average molecular weight is 600 g/mol. The Kier molecular flexibility index (Phi) is 5.33. The molecule has 0 saturated carbocycles. The van der Waals surface area contributed by atoms with Crippen molar-refractivity contribution in [3.05, 3.63) is 197 Å². The van der Waals surface area contributed by atoms with E-state index in [0.717, 1.165) is 11.4 Å². The highest BCUT2D eigenvalue weighted by Crippen LogP contribution is 2.63. The van der Waals surface area contributed by atoms with Crippen molar-refractivity contribution in [1.29, 1.82) is 0 Å². The predicted molar refractivity (Wildman–Crippen MR) is 195 cm³/mol. The molecule has 0 amide bonds. The molecule has 3 aliphatic rings. The highest BCUT2D eigenvalue weighted by molar-refractivity contribution is 5.98. The Bertz CT molecular complexity index is 2350.